The van der Waals surface area contributed by atoms with E-state index in [9.17, 15) is 9.00 Å². The van der Waals surface area contributed by atoms with Gasteiger partial charge in [-0.2, -0.15) is 27.9 Å². The van der Waals surface area contributed by atoms with Crippen LogP contribution in [0.2, 0.25) is 0 Å². The molecule has 2 aliphatic rings. The van der Waals surface area contributed by atoms with Crippen LogP contribution in [-0.4, -0.2) is 95.4 Å². The van der Waals surface area contributed by atoms with E-state index in [0.717, 1.165) is 46.1 Å². The molecule has 5 rings (SSSR count). The minimum Gasteiger partial charge on any atom is -1.00 e. The van der Waals surface area contributed by atoms with Crippen LogP contribution >= 0.6 is 34.9 Å². The van der Waals surface area contributed by atoms with Crippen LogP contribution < -0.4 is 169 Å². The van der Waals surface area contributed by atoms with Crippen LogP contribution in [0, 0.1) is 6.92 Å². The Morgan fingerprint density at radius 2 is 1.67 bits per heavy atom. The molecule has 2 saturated heterocycles. The van der Waals surface area contributed by atoms with Crippen LogP contribution in [0.15, 0.2) is 64.6 Å². The van der Waals surface area contributed by atoms with Crippen molar-refractivity contribution in [3.63, 3.8) is 0 Å². The van der Waals surface area contributed by atoms with E-state index in [-0.39, 0.29) is 171 Å². The first-order valence-electron chi connectivity index (χ1n) is 16.2. The van der Waals surface area contributed by atoms with Crippen molar-refractivity contribution in [1.82, 2.24) is 20.2 Å². The average molecular weight is 902 g/mol. The van der Waals surface area contributed by atoms with Gasteiger partial charge in [0.2, 0.25) is 5.13 Å². The maximum absolute atomic E-state index is 12.8. The fourth-order valence-corrected chi connectivity index (χ4v) is 7.30. The van der Waals surface area contributed by atoms with E-state index in [0.29, 0.717) is 17.3 Å². The van der Waals surface area contributed by atoms with E-state index in [1.165, 1.54) is 63.2 Å². The number of nitrogens with one attached hydrogen (secondary N) is 1. The molecule has 3 aromatic rings. The summed E-state index contributed by atoms with van der Waals surface area (Å²) in [6.07, 6.45) is 19.2. The quantitative estimate of drug-likeness (QED) is 0.0708. The summed E-state index contributed by atoms with van der Waals surface area (Å²) in [5.74, 6) is 3.27. The second-order valence-electron chi connectivity index (χ2n) is 10.9. The topological polar surface area (TPSA) is 146 Å². The molecule has 0 amide bonds. The zero-order valence-corrected chi connectivity index (χ0v) is 45.4. The van der Waals surface area contributed by atoms with Crippen molar-refractivity contribution < 1.29 is 186 Å². The van der Waals surface area contributed by atoms with E-state index >= 15 is 0 Å². The van der Waals surface area contributed by atoms with E-state index in [4.69, 9.17) is 14.8 Å². The Labute approximate surface area is 468 Å². The van der Waals surface area contributed by atoms with Gasteiger partial charge in [-0.15, -0.1) is 11.3 Å². The third kappa shape index (κ3) is 32.8. The molecule has 0 radical (unpaired) electrons. The van der Waals surface area contributed by atoms with E-state index in [1.807, 2.05) is 66.7 Å². The number of aldehydes is 1. The van der Waals surface area contributed by atoms with Gasteiger partial charge in [0.1, 0.15) is 12.0 Å². The van der Waals surface area contributed by atoms with Crippen LogP contribution in [0.1, 0.15) is 53.6 Å². The van der Waals surface area contributed by atoms with Crippen molar-refractivity contribution >= 4 is 62.5 Å². The number of carbonyl (C=O) groups is 2. The van der Waals surface area contributed by atoms with Crippen molar-refractivity contribution in [2.24, 2.45) is 4.36 Å². The Morgan fingerprint density at radius 3 is 2.11 bits per heavy atom. The molecule has 0 bridgehead atoms. The molecule has 2 fully saturated rings. The normalized spacial score (nSPS) is 13.2. The van der Waals surface area contributed by atoms with Gasteiger partial charge in [0.05, 0.1) is 28.3 Å². The number of ether oxygens (including phenoxy) is 1. The number of aromatic nitrogens is 2. The number of likely N-dealkylation sites (tertiary alicyclic amines) is 1. The minimum absolute atomic E-state index is 0. The summed E-state index contributed by atoms with van der Waals surface area (Å²) in [5, 5.41) is 14.1. The number of rotatable bonds is 12. The zero-order valence-electron chi connectivity index (χ0n) is 34.8. The minimum atomic E-state index is -2.42. The number of aryl methyl sites for hydroxylation is 1. The third-order valence-electron chi connectivity index (χ3n) is 6.71. The van der Waals surface area contributed by atoms with Crippen molar-refractivity contribution in [2.75, 3.05) is 63.6 Å². The van der Waals surface area contributed by atoms with Gasteiger partial charge in [0, 0.05) is 54.4 Å². The summed E-state index contributed by atoms with van der Waals surface area (Å²) >= 11 is 4.96. The molecule has 0 aliphatic carbocycles. The fraction of sp³-hybridized carbons (Fsp3) is 0.500. The van der Waals surface area contributed by atoms with Gasteiger partial charge >= 0.3 is 154 Å². The molecular formula is C36H58K3N5O6S4. The molecule has 1 N–H and O–H groups in total. The molecular weight excluding hydrogens is 844 g/mol. The molecule has 290 valence electrons. The van der Waals surface area contributed by atoms with Gasteiger partial charge in [0.15, 0.2) is 0 Å². The van der Waals surface area contributed by atoms with Gasteiger partial charge in [-0.05, 0) is 106 Å². The number of methoxy groups -OCH3 is 1. The molecule has 11 nitrogen and oxygen atoms in total. The number of benzene rings is 1. The Hall–Kier alpha value is 1.96. The molecule has 18 heteroatoms. The maximum Gasteiger partial charge on any atom is 1.00 e. The van der Waals surface area contributed by atoms with Crippen LogP contribution in [0.3, 0.4) is 0 Å². The fourth-order valence-electron chi connectivity index (χ4n) is 4.26. The van der Waals surface area contributed by atoms with Gasteiger partial charge in [-0.3, -0.25) is 9.78 Å². The van der Waals surface area contributed by atoms with E-state index in [2.05, 4.69) is 48.0 Å². The molecule has 54 heavy (non-hydrogen) atoms. The van der Waals surface area contributed by atoms with Gasteiger partial charge in [-0.1, -0.05) is 19.6 Å². The van der Waals surface area contributed by atoms with Crippen LogP contribution in [0.4, 0.5) is 5.13 Å². The van der Waals surface area contributed by atoms with Crippen LogP contribution in [0.25, 0.3) is 11.3 Å². The largest absolute Gasteiger partial charge is 1.00 e. The smallest absolute Gasteiger partial charge is 1.00 e. The van der Waals surface area contributed by atoms with Gasteiger partial charge in [-0.25, -0.2) is 9.19 Å². The SMILES string of the molecule is C.C1CCNC1.COc1ccc(-c2csc(N=S(C)(=O)Cc3ccc(C)nc3)n2)cc1.CSC/C=C/N1CCCC1.CSCCC=O.O=CO[O-].[H-].[H-].[K+].[K+].[K+]. The Balaban J connectivity index is -0.000000168. The van der Waals surface area contributed by atoms with Crippen LogP contribution in [0.5, 0.6) is 5.75 Å². The number of hydrogen-bond donors (Lipinski definition) is 1. The summed E-state index contributed by atoms with van der Waals surface area (Å²) in [5.41, 5.74) is 3.64. The average Bonchev–Trinajstić information content (AvgIpc) is 3.95. The molecule has 1 unspecified atom stereocenters. The molecule has 0 spiro atoms. The molecule has 1 atom stereocenters. The molecule has 2 aliphatic heterocycles. The number of hydrogen-bond acceptors (Lipinski definition) is 14. The predicted octanol–water partition coefficient (Wildman–Crippen LogP) is -1.97. The number of thiazole rings is 1. The maximum atomic E-state index is 12.8. The number of thioether (sulfide) groups is 2. The summed E-state index contributed by atoms with van der Waals surface area (Å²) in [7, 11) is -0.782. The van der Waals surface area contributed by atoms with Crippen LogP contribution in [-0.2, 0) is 30.0 Å². The summed E-state index contributed by atoms with van der Waals surface area (Å²) < 4.78 is 22.3. The molecule has 2 aromatic heterocycles. The standard InChI is InChI=1S/C18H19N3O2S2.C8H15NS.C4H9N.C4H8OS.CH2O3.CH4.3K.2H/c1-13-4-5-14(10-19-13)12-25(3,22)21-18-20-17(11-24-18)15-6-8-16(23-2)9-7-15;1-10-8-4-7-9-5-2-3-6-9;1-2-4-5-3-1;1-6-4-2-3-5;2-1-4-3;;;;;;/h4-11H,12H2,1-3H3;4,7H,2-3,5-6,8H2,1H3;5H,1-4H2;3H,2,4H2,1H3;1,3H;1H4;;;;;/q;;;;;;3*+1;2*-1/p-1/b;7-4+;;;;;;;;;. The molecule has 0 saturated carbocycles. The van der Waals surface area contributed by atoms with Crippen molar-refractivity contribution in [2.45, 2.75) is 52.2 Å². The monoisotopic (exact) mass is 901 g/mol. The first-order chi connectivity index (χ1) is 24.2. The Bertz CT molecular complexity index is 1480. The number of pyridine rings is 1. The zero-order chi connectivity index (χ0) is 36.9. The summed E-state index contributed by atoms with van der Waals surface area (Å²) in [6, 6.07) is 11.5. The van der Waals surface area contributed by atoms with Crippen molar-refractivity contribution in [1.29, 1.82) is 0 Å². The number of carbonyl (C=O) groups excluding carboxylic acids is 2. The predicted molar refractivity (Wildman–Crippen MR) is 219 cm³/mol. The van der Waals surface area contributed by atoms with Gasteiger partial charge < -0.3 is 32.7 Å². The van der Waals surface area contributed by atoms with Crippen molar-refractivity contribution in [3.05, 3.63) is 71.5 Å². The third-order valence-corrected chi connectivity index (χ3v) is 10.2. The molecule has 4 heterocycles. The first-order valence-corrected chi connectivity index (χ1v) is 21.9. The van der Waals surface area contributed by atoms with Gasteiger partial charge in [0.25, 0.3) is 6.47 Å². The first kappa shape index (κ1) is 62.6. The van der Waals surface area contributed by atoms with E-state index in [1.54, 1.807) is 31.3 Å². The Morgan fingerprint density at radius 1 is 1.04 bits per heavy atom. The Kier molecular flexibility index (Phi) is 48.3. The number of nitrogens with zero attached hydrogens (tertiary/aromatic N) is 4. The second kappa shape index (κ2) is 41.7. The molecule has 1 aromatic carbocycles. The van der Waals surface area contributed by atoms with Crippen molar-refractivity contribution in [3.8, 4) is 17.0 Å². The second-order valence-corrected chi connectivity index (χ2v) is 16.1. The summed E-state index contributed by atoms with van der Waals surface area (Å²) in [6.45, 7) is 6.78. The van der Waals surface area contributed by atoms with E-state index < -0.39 is 9.73 Å². The summed E-state index contributed by atoms with van der Waals surface area (Å²) in [4.78, 5) is 31.9.